The quantitative estimate of drug-likeness (QED) is 0.734. The van der Waals surface area contributed by atoms with E-state index >= 15 is 0 Å². The van der Waals surface area contributed by atoms with E-state index in [0.717, 1.165) is 11.6 Å². The van der Waals surface area contributed by atoms with Gasteiger partial charge >= 0.3 is 6.18 Å². The summed E-state index contributed by atoms with van der Waals surface area (Å²) in [7, 11) is 0. The SMILES string of the molecule is N#CCc1ccc(NC(=O)CNc2ccccc2C(O)C(F)(F)F)cc1. The minimum Gasteiger partial charge on any atom is -0.379 e. The summed E-state index contributed by atoms with van der Waals surface area (Å²) in [6, 6.07) is 14.0. The Hall–Kier alpha value is -3.05. The van der Waals surface area contributed by atoms with Gasteiger partial charge in [-0.3, -0.25) is 4.79 Å². The molecular weight excluding hydrogens is 347 g/mol. The molecule has 0 saturated heterocycles. The van der Waals surface area contributed by atoms with Crippen LogP contribution in [-0.4, -0.2) is 23.7 Å². The van der Waals surface area contributed by atoms with Crippen LogP contribution in [0.3, 0.4) is 0 Å². The number of carbonyl (C=O) groups is 1. The summed E-state index contributed by atoms with van der Waals surface area (Å²) in [5.41, 5.74) is 0.978. The molecule has 0 heterocycles. The second-order valence-corrected chi connectivity index (χ2v) is 5.46. The van der Waals surface area contributed by atoms with Crippen LogP contribution in [0.1, 0.15) is 17.2 Å². The number of para-hydroxylation sites is 1. The number of aliphatic hydroxyl groups excluding tert-OH is 1. The zero-order valence-electron chi connectivity index (χ0n) is 13.5. The Morgan fingerprint density at radius 2 is 1.81 bits per heavy atom. The molecule has 0 saturated carbocycles. The van der Waals surface area contributed by atoms with Gasteiger partial charge in [0, 0.05) is 16.9 Å². The number of benzene rings is 2. The lowest BCUT2D eigenvalue weighted by Gasteiger charge is -2.19. The van der Waals surface area contributed by atoms with E-state index in [2.05, 4.69) is 10.6 Å². The predicted octanol–water partition coefficient (Wildman–Crippen LogP) is 3.40. The first-order chi connectivity index (χ1) is 12.3. The van der Waals surface area contributed by atoms with Crippen molar-refractivity contribution in [2.45, 2.75) is 18.7 Å². The first-order valence-corrected chi connectivity index (χ1v) is 7.64. The Balaban J connectivity index is 1.98. The second kappa shape index (κ2) is 8.36. The van der Waals surface area contributed by atoms with Crippen molar-refractivity contribution in [1.29, 1.82) is 5.26 Å². The fourth-order valence-electron chi connectivity index (χ4n) is 2.25. The van der Waals surface area contributed by atoms with Gasteiger partial charge in [0.05, 0.1) is 19.0 Å². The summed E-state index contributed by atoms with van der Waals surface area (Å²) in [5, 5.41) is 23.2. The summed E-state index contributed by atoms with van der Waals surface area (Å²) in [5.74, 6) is -0.464. The first-order valence-electron chi connectivity index (χ1n) is 7.64. The van der Waals surface area contributed by atoms with E-state index in [9.17, 15) is 23.1 Å². The van der Waals surface area contributed by atoms with Crippen molar-refractivity contribution in [3.8, 4) is 6.07 Å². The number of amides is 1. The van der Waals surface area contributed by atoms with E-state index in [0.29, 0.717) is 5.69 Å². The largest absolute Gasteiger partial charge is 0.418 e. The van der Waals surface area contributed by atoms with Gasteiger partial charge in [-0.15, -0.1) is 0 Å². The summed E-state index contributed by atoms with van der Waals surface area (Å²) in [6.45, 7) is -0.276. The maximum Gasteiger partial charge on any atom is 0.418 e. The van der Waals surface area contributed by atoms with Crippen LogP contribution in [0.4, 0.5) is 24.5 Å². The highest BCUT2D eigenvalue weighted by atomic mass is 19.4. The van der Waals surface area contributed by atoms with Crippen molar-refractivity contribution < 1.29 is 23.1 Å². The maximum atomic E-state index is 12.7. The van der Waals surface area contributed by atoms with Crippen molar-refractivity contribution in [2.24, 2.45) is 0 Å². The third-order valence-corrected chi connectivity index (χ3v) is 3.53. The normalized spacial score (nSPS) is 12.1. The highest BCUT2D eigenvalue weighted by Crippen LogP contribution is 2.35. The van der Waals surface area contributed by atoms with E-state index < -0.39 is 18.2 Å². The zero-order valence-corrected chi connectivity index (χ0v) is 13.5. The number of nitriles is 1. The molecule has 0 aliphatic rings. The number of carbonyl (C=O) groups excluding carboxylic acids is 1. The smallest absolute Gasteiger partial charge is 0.379 e. The molecule has 8 heteroatoms. The van der Waals surface area contributed by atoms with E-state index in [4.69, 9.17) is 5.26 Å². The molecule has 1 amide bonds. The molecule has 0 aliphatic carbocycles. The van der Waals surface area contributed by atoms with Crippen LogP contribution in [0.2, 0.25) is 0 Å². The van der Waals surface area contributed by atoms with Crippen molar-refractivity contribution in [1.82, 2.24) is 0 Å². The minimum atomic E-state index is -4.80. The zero-order chi connectivity index (χ0) is 19.2. The highest BCUT2D eigenvalue weighted by Gasteiger charge is 2.40. The predicted molar refractivity (Wildman–Crippen MR) is 90.3 cm³/mol. The van der Waals surface area contributed by atoms with Crippen LogP contribution in [0.25, 0.3) is 0 Å². The van der Waals surface area contributed by atoms with Crippen molar-refractivity contribution >= 4 is 17.3 Å². The molecule has 3 N–H and O–H groups in total. The lowest BCUT2D eigenvalue weighted by Crippen LogP contribution is -2.24. The highest BCUT2D eigenvalue weighted by molar-refractivity contribution is 5.93. The minimum absolute atomic E-state index is 0.0249. The third kappa shape index (κ3) is 5.22. The lowest BCUT2D eigenvalue weighted by atomic mass is 10.1. The standard InChI is InChI=1S/C18H16F3N3O2/c19-18(20,21)17(26)14-3-1-2-4-15(14)23-11-16(25)24-13-7-5-12(6-8-13)9-10-22/h1-8,17,23,26H,9,11H2,(H,24,25). The van der Waals surface area contributed by atoms with Crippen LogP contribution in [0.15, 0.2) is 48.5 Å². The molecule has 0 aromatic heterocycles. The van der Waals surface area contributed by atoms with Gasteiger partial charge in [0.1, 0.15) is 0 Å². The van der Waals surface area contributed by atoms with Gasteiger partial charge in [-0.05, 0) is 23.8 Å². The van der Waals surface area contributed by atoms with Gasteiger partial charge < -0.3 is 15.7 Å². The van der Waals surface area contributed by atoms with Crippen molar-refractivity contribution in [3.63, 3.8) is 0 Å². The van der Waals surface area contributed by atoms with Gasteiger partial charge in [0.25, 0.3) is 0 Å². The molecule has 2 rings (SSSR count). The van der Waals surface area contributed by atoms with E-state index in [1.807, 2.05) is 6.07 Å². The first kappa shape index (κ1) is 19.3. The van der Waals surface area contributed by atoms with E-state index in [1.165, 1.54) is 18.2 Å². The van der Waals surface area contributed by atoms with Gasteiger partial charge in [-0.25, -0.2) is 0 Å². The van der Waals surface area contributed by atoms with Crippen LogP contribution >= 0.6 is 0 Å². The van der Waals surface area contributed by atoms with Gasteiger partial charge in [-0.2, -0.15) is 18.4 Å². The number of nitrogens with one attached hydrogen (secondary N) is 2. The topological polar surface area (TPSA) is 85.2 Å². The second-order valence-electron chi connectivity index (χ2n) is 5.46. The number of alkyl halides is 3. The number of anilines is 2. The lowest BCUT2D eigenvalue weighted by molar-refractivity contribution is -0.206. The molecule has 1 unspecified atom stereocenters. The fraction of sp³-hybridized carbons (Fsp3) is 0.222. The summed E-state index contributed by atoms with van der Waals surface area (Å²) in [4.78, 5) is 12.0. The Kier molecular flexibility index (Phi) is 6.20. The third-order valence-electron chi connectivity index (χ3n) is 3.53. The van der Waals surface area contributed by atoms with Gasteiger partial charge in [0.2, 0.25) is 5.91 Å². The summed E-state index contributed by atoms with van der Waals surface area (Å²) < 4.78 is 38.1. The fourth-order valence-corrected chi connectivity index (χ4v) is 2.25. The number of hydrogen-bond acceptors (Lipinski definition) is 4. The molecule has 5 nitrogen and oxygen atoms in total. The van der Waals surface area contributed by atoms with Gasteiger partial charge in [-0.1, -0.05) is 30.3 Å². The van der Waals surface area contributed by atoms with Crippen LogP contribution in [0.5, 0.6) is 0 Å². The summed E-state index contributed by atoms with van der Waals surface area (Å²) in [6.07, 6.45) is -7.18. The number of nitrogens with zero attached hydrogens (tertiary/aromatic N) is 1. The molecule has 2 aromatic rings. The number of rotatable bonds is 6. The number of hydrogen-bond donors (Lipinski definition) is 3. The average molecular weight is 363 g/mol. The Bertz CT molecular complexity index is 799. The van der Waals surface area contributed by atoms with E-state index in [1.54, 1.807) is 24.3 Å². The maximum absolute atomic E-state index is 12.7. The van der Waals surface area contributed by atoms with E-state index in [-0.39, 0.29) is 24.2 Å². The van der Waals surface area contributed by atoms with Crippen molar-refractivity contribution in [2.75, 3.05) is 17.2 Å². The number of halogens is 3. The molecule has 1 atom stereocenters. The van der Waals surface area contributed by atoms with Gasteiger partial charge in [0.15, 0.2) is 6.10 Å². The van der Waals surface area contributed by atoms with Crippen molar-refractivity contribution in [3.05, 3.63) is 59.7 Å². The average Bonchev–Trinajstić information content (AvgIpc) is 2.61. The molecule has 0 bridgehead atoms. The molecule has 136 valence electrons. The monoisotopic (exact) mass is 363 g/mol. The molecule has 0 fully saturated rings. The molecule has 0 spiro atoms. The molecular formula is C18H16F3N3O2. The number of aliphatic hydroxyl groups is 1. The molecule has 26 heavy (non-hydrogen) atoms. The van der Waals surface area contributed by atoms with Crippen LogP contribution in [-0.2, 0) is 11.2 Å². The summed E-state index contributed by atoms with van der Waals surface area (Å²) >= 11 is 0. The van der Waals surface area contributed by atoms with Crippen LogP contribution in [0, 0.1) is 11.3 Å². The van der Waals surface area contributed by atoms with Crippen LogP contribution < -0.4 is 10.6 Å². The Morgan fingerprint density at radius 1 is 1.15 bits per heavy atom. The molecule has 2 aromatic carbocycles. The Labute approximate surface area is 148 Å². The Morgan fingerprint density at radius 3 is 2.42 bits per heavy atom. The molecule has 0 radical (unpaired) electrons. The molecule has 0 aliphatic heterocycles.